The van der Waals surface area contributed by atoms with Gasteiger partial charge in [-0.05, 0) is 43.0 Å². The van der Waals surface area contributed by atoms with Gasteiger partial charge < -0.3 is 14.7 Å². The second-order valence-electron chi connectivity index (χ2n) is 8.29. The van der Waals surface area contributed by atoms with Crippen molar-refractivity contribution in [2.75, 3.05) is 30.9 Å². The largest absolute Gasteiger partial charge is 0.497 e. The van der Waals surface area contributed by atoms with Gasteiger partial charge in [-0.2, -0.15) is 0 Å². The van der Waals surface area contributed by atoms with Gasteiger partial charge in [-0.15, -0.1) is 0 Å². The third-order valence-corrected chi connectivity index (χ3v) is 8.02. The van der Waals surface area contributed by atoms with E-state index >= 15 is 0 Å². The third kappa shape index (κ3) is 3.61. The Hall–Kier alpha value is -3.04. The molecule has 1 saturated carbocycles. The number of hydrogen-bond acceptors (Lipinski definition) is 8. The molecule has 0 unspecified atom stereocenters. The molecule has 32 heavy (non-hydrogen) atoms. The van der Waals surface area contributed by atoms with Crippen LogP contribution in [0.3, 0.4) is 0 Å². The highest BCUT2D eigenvalue weighted by Gasteiger charge is 2.52. The number of sulfone groups is 1. The summed E-state index contributed by atoms with van der Waals surface area (Å²) in [5.74, 6) is 1.16. The number of benzene rings is 1. The van der Waals surface area contributed by atoms with Crippen molar-refractivity contribution >= 4 is 21.5 Å². The maximum Gasteiger partial charge on any atom is 0.229 e. The second-order valence-corrected chi connectivity index (χ2v) is 10.4. The van der Waals surface area contributed by atoms with Gasteiger partial charge in [0.15, 0.2) is 9.84 Å². The van der Waals surface area contributed by atoms with Crippen molar-refractivity contribution in [2.24, 2.45) is 0 Å². The van der Waals surface area contributed by atoms with E-state index < -0.39 is 9.84 Å². The molecule has 1 N–H and O–H groups in total. The van der Waals surface area contributed by atoms with Gasteiger partial charge in [0.05, 0.1) is 23.5 Å². The highest BCUT2D eigenvalue weighted by Crippen LogP contribution is 2.58. The monoisotopic (exact) mass is 452 g/mol. The lowest BCUT2D eigenvalue weighted by Crippen LogP contribution is -2.21. The molecular weight excluding hydrogens is 428 g/mol. The van der Waals surface area contributed by atoms with Crippen LogP contribution in [-0.2, 0) is 15.3 Å². The Morgan fingerprint density at radius 3 is 2.59 bits per heavy atom. The molecule has 0 atom stereocenters. The van der Waals surface area contributed by atoms with Crippen LogP contribution < -0.4 is 9.64 Å². The number of aliphatic hydroxyl groups excluding tert-OH is 1. The third-order valence-electron chi connectivity index (χ3n) is 6.22. The Morgan fingerprint density at radius 2 is 1.91 bits per heavy atom. The number of nitrogens with zero attached hydrogens (tertiary/aromatic N) is 4. The van der Waals surface area contributed by atoms with Crippen molar-refractivity contribution in [1.29, 1.82) is 0 Å². The predicted molar refractivity (Wildman–Crippen MR) is 120 cm³/mol. The van der Waals surface area contributed by atoms with Crippen molar-refractivity contribution in [3.63, 3.8) is 0 Å². The minimum atomic E-state index is -3.46. The molecule has 166 valence electrons. The summed E-state index contributed by atoms with van der Waals surface area (Å²) in [7, 11) is -1.86. The lowest BCUT2D eigenvalue weighted by atomic mass is 9.99. The summed E-state index contributed by atoms with van der Waals surface area (Å²) in [6.07, 6.45) is 7.48. The fourth-order valence-corrected chi connectivity index (χ4v) is 5.58. The van der Waals surface area contributed by atoms with Crippen LogP contribution in [0.4, 0.5) is 11.6 Å². The van der Waals surface area contributed by atoms with Crippen molar-refractivity contribution in [1.82, 2.24) is 15.0 Å². The Balaban J connectivity index is 1.48. The lowest BCUT2D eigenvalue weighted by Gasteiger charge is -2.18. The molecule has 1 aromatic carbocycles. The molecule has 1 aliphatic heterocycles. The highest BCUT2D eigenvalue weighted by atomic mass is 32.2. The van der Waals surface area contributed by atoms with Gasteiger partial charge in [-0.1, -0.05) is 6.07 Å². The molecule has 0 radical (unpaired) electrons. The predicted octanol–water partition coefficient (Wildman–Crippen LogP) is 2.89. The molecule has 1 aliphatic carbocycles. The molecule has 1 spiro atoms. The van der Waals surface area contributed by atoms with E-state index in [-0.39, 0.29) is 29.1 Å². The molecular formula is C23H24N4O4S. The average molecular weight is 453 g/mol. The first-order valence-corrected chi connectivity index (χ1v) is 12.2. The molecule has 5 rings (SSSR count). The van der Waals surface area contributed by atoms with Gasteiger partial charge in [0.2, 0.25) is 5.95 Å². The van der Waals surface area contributed by atoms with Crippen molar-refractivity contribution in [3.05, 3.63) is 54.5 Å². The van der Waals surface area contributed by atoms with Crippen LogP contribution in [0.25, 0.3) is 11.3 Å². The number of fused-ring (bicyclic) bond motifs is 2. The zero-order valence-corrected chi connectivity index (χ0v) is 18.5. The maximum atomic E-state index is 12.7. The maximum absolute atomic E-state index is 12.7. The number of anilines is 2. The van der Waals surface area contributed by atoms with Gasteiger partial charge in [-0.25, -0.2) is 18.4 Å². The smallest absolute Gasteiger partial charge is 0.229 e. The van der Waals surface area contributed by atoms with E-state index in [9.17, 15) is 8.42 Å². The molecule has 0 bridgehead atoms. The SMILES string of the molecule is COc1ccnc(-c2cnc(N3CC4(CC4)c4ccc(S(=O)(=O)CCCO)cc43)nc2)c1. The van der Waals surface area contributed by atoms with Crippen LogP contribution in [0.1, 0.15) is 24.8 Å². The van der Waals surface area contributed by atoms with Crippen molar-refractivity contribution in [3.8, 4) is 17.0 Å². The molecule has 2 aromatic heterocycles. The van der Waals surface area contributed by atoms with Crippen molar-refractivity contribution < 1.29 is 18.3 Å². The van der Waals surface area contributed by atoms with Crippen LogP contribution in [0.5, 0.6) is 5.75 Å². The Labute approximate surface area is 186 Å². The summed E-state index contributed by atoms with van der Waals surface area (Å²) in [5, 5.41) is 9.03. The topological polar surface area (TPSA) is 106 Å². The van der Waals surface area contributed by atoms with E-state index in [1.165, 1.54) is 0 Å². The molecule has 0 amide bonds. The summed E-state index contributed by atoms with van der Waals surface area (Å²) < 4.78 is 30.6. The van der Waals surface area contributed by atoms with Crippen LogP contribution in [0.2, 0.25) is 0 Å². The van der Waals surface area contributed by atoms with Gasteiger partial charge in [-0.3, -0.25) is 4.98 Å². The molecule has 0 saturated heterocycles. The number of aromatic nitrogens is 3. The first kappa shape index (κ1) is 20.8. The van der Waals surface area contributed by atoms with E-state index in [1.807, 2.05) is 17.0 Å². The van der Waals surface area contributed by atoms with Gasteiger partial charge in [0.1, 0.15) is 5.75 Å². The van der Waals surface area contributed by atoms with E-state index in [1.54, 1.807) is 43.9 Å². The molecule has 8 nitrogen and oxygen atoms in total. The first-order chi connectivity index (χ1) is 15.5. The van der Waals surface area contributed by atoms with Crippen LogP contribution in [-0.4, -0.2) is 54.5 Å². The minimum absolute atomic E-state index is 0.0547. The van der Waals surface area contributed by atoms with E-state index in [0.717, 1.165) is 36.2 Å². The Morgan fingerprint density at radius 1 is 1.12 bits per heavy atom. The van der Waals surface area contributed by atoms with Gasteiger partial charge >= 0.3 is 0 Å². The number of pyridine rings is 1. The Kier molecular flexibility index (Phi) is 5.10. The van der Waals surface area contributed by atoms with E-state index in [0.29, 0.717) is 17.4 Å². The number of hydrogen-bond donors (Lipinski definition) is 1. The lowest BCUT2D eigenvalue weighted by molar-refractivity contribution is 0.295. The number of rotatable bonds is 7. The Bertz CT molecular complexity index is 1260. The van der Waals surface area contributed by atoms with E-state index in [4.69, 9.17) is 9.84 Å². The summed E-state index contributed by atoms with van der Waals surface area (Å²) >= 11 is 0. The van der Waals surface area contributed by atoms with Crippen LogP contribution in [0.15, 0.2) is 53.8 Å². The summed E-state index contributed by atoms with van der Waals surface area (Å²) in [4.78, 5) is 15.8. The molecule has 3 heterocycles. The summed E-state index contributed by atoms with van der Waals surface area (Å²) in [5.41, 5.74) is 3.54. The zero-order valence-electron chi connectivity index (χ0n) is 17.7. The fourth-order valence-electron chi connectivity index (χ4n) is 4.27. The van der Waals surface area contributed by atoms with Crippen LogP contribution in [0, 0.1) is 0 Å². The quantitative estimate of drug-likeness (QED) is 0.583. The normalized spacial score (nSPS) is 16.2. The number of aliphatic hydroxyl groups is 1. The average Bonchev–Trinajstić information content (AvgIpc) is 3.54. The van der Waals surface area contributed by atoms with E-state index in [2.05, 4.69) is 15.0 Å². The fraction of sp³-hybridized carbons (Fsp3) is 0.348. The van der Waals surface area contributed by atoms with Gasteiger partial charge in [0.25, 0.3) is 0 Å². The number of ether oxygens (including phenoxy) is 1. The number of methoxy groups -OCH3 is 1. The zero-order chi connectivity index (χ0) is 22.3. The second kappa shape index (κ2) is 7.83. The standard InChI is InChI=1S/C23H24N4O4S/c1-31-17-5-8-24-20(11-17)16-13-25-22(26-14-16)27-15-23(6-7-23)19-4-3-18(12-21(19)27)32(29,30)10-2-9-28/h3-5,8,11-14,28H,2,6-7,9-10,15H2,1H3. The minimum Gasteiger partial charge on any atom is -0.497 e. The highest BCUT2D eigenvalue weighted by molar-refractivity contribution is 7.91. The molecule has 1 fully saturated rings. The summed E-state index contributed by atoms with van der Waals surface area (Å²) in [6.45, 7) is 0.584. The van der Waals surface area contributed by atoms with Crippen LogP contribution >= 0.6 is 0 Å². The molecule has 9 heteroatoms. The first-order valence-electron chi connectivity index (χ1n) is 10.5. The molecule has 3 aromatic rings. The van der Waals surface area contributed by atoms with Crippen molar-refractivity contribution in [2.45, 2.75) is 29.6 Å². The molecule has 2 aliphatic rings. The summed E-state index contributed by atoms with van der Waals surface area (Å²) in [6, 6.07) is 8.96. The van der Waals surface area contributed by atoms with Gasteiger partial charge in [0, 0.05) is 54.5 Å².